The van der Waals surface area contributed by atoms with Gasteiger partial charge in [-0.3, -0.25) is 29.6 Å². The van der Waals surface area contributed by atoms with Crippen molar-refractivity contribution in [3.8, 4) is 5.75 Å². The molecule has 1 saturated heterocycles. The maximum Gasteiger partial charge on any atom is 0.328 e. The molecule has 1 aromatic carbocycles. The second-order valence-electron chi connectivity index (χ2n) is 16.5. The molecule has 2 aliphatic rings. The molecule has 2 heterocycles. The predicted molar refractivity (Wildman–Crippen MR) is 227 cm³/mol. The monoisotopic (exact) mass is 842 g/mol. The number of carbonyl (C=O) groups is 5. The molecule has 3 rings (SSSR count). The molecule has 1 fully saturated rings. The molecular weight excluding hydrogens is 771 g/mol. The number of allylic oxidation sites excluding steroid dienone is 1. The third kappa shape index (κ3) is 17.2. The second-order valence-corrected chi connectivity index (χ2v) is 16.5. The first-order valence-electron chi connectivity index (χ1n) is 22.3. The Bertz CT molecular complexity index is 1570. The number of esters is 1. The third-order valence-electron chi connectivity index (χ3n) is 11.1. The quantitative estimate of drug-likeness (QED) is 0.0207. The largest absolute Gasteiger partial charge is 0.507 e. The van der Waals surface area contributed by atoms with Gasteiger partial charge in [-0.05, 0) is 69.4 Å². The zero-order valence-electron chi connectivity index (χ0n) is 36.3. The molecule has 0 radical (unpaired) electrons. The van der Waals surface area contributed by atoms with Crippen molar-refractivity contribution in [3.05, 3.63) is 42.0 Å². The summed E-state index contributed by atoms with van der Waals surface area (Å²) in [6.45, 7) is 7.44. The summed E-state index contributed by atoms with van der Waals surface area (Å²) in [7, 11) is 0. The highest BCUT2D eigenvalue weighted by atomic mass is 16.5. The summed E-state index contributed by atoms with van der Waals surface area (Å²) in [5.74, 6) is -4.27. The standard InChI is InChI=1S/C45H71N5O10/c1-5-6-7-8-9-10-11-12-13-14-15-16-17-28-39(52)49(57)29-22-21-26-36(47-42(54)37-31-59-43(48-37)34-24-18-19-27-38(34)51)45(56)60-40(32(2)3)33(4)41(53)46-35-25-20-23-30-50(58)44(35)55/h17-19,24,27-28,32-33,35-37,40,51,57-58H,5-16,20-23,25-26,29-31H2,1-4H3,(H,46,53)(H,47,54). The van der Waals surface area contributed by atoms with Gasteiger partial charge >= 0.3 is 5.97 Å². The zero-order chi connectivity index (χ0) is 43.9. The SMILES string of the molecule is CCCCCCCCCCCCCC=CC(=O)N(O)CCCCC(NC(=O)C1COC(c2ccccc2O)=N1)C(=O)OC(C(C)C)C(C)C(=O)NC1CCCCN(O)C1=O. The number of hydrogen-bond acceptors (Lipinski definition) is 11. The molecule has 5 N–H and O–H groups in total. The summed E-state index contributed by atoms with van der Waals surface area (Å²) in [5.41, 5.74) is 0.320. The normalized spacial score (nSPS) is 18.4. The van der Waals surface area contributed by atoms with Crippen LogP contribution in [0.15, 0.2) is 41.4 Å². The molecule has 60 heavy (non-hydrogen) atoms. The van der Waals surface area contributed by atoms with E-state index >= 15 is 0 Å². The Morgan fingerprint density at radius 3 is 2.30 bits per heavy atom. The maximum absolute atomic E-state index is 13.9. The van der Waals surface area contributed by atoms with Crippen LogP contribution in [0.5, 0.6) is 5.75 Å². The number of rotatable bonds is 27. The van der Waals surface area contributed by atoms with E-state index in [1.165, 1.54) is 69.9 Å². The lowest BCUT2D eigenvalue weighted by Crippen LogP contribution is -2.51. The van der Waals surface area contributed by atoms with Crippen molar-refractivity contribution in [3.63, 3.8) is 0 Å². The molecule has 2 aliphatic heterocycles. The Morgan fingerprint density at radius 1 is 0.967 bits per heavy atom. The minimum absolute atomic E-state index is 0.000993. The number of aromatic hydroxyl groups is 1. The van der Waals surface area contributed by atoms with Crippen LogP contribution >= 0.6 is 0 Å². The van der Waals surface area contributed by atoms with Crippen molar-refractivity contribution in [1.29, 1.82) is 0 Å². The highest BCUT2D eigenvalue weighted by Crippen LogP contribution is 2.23. The fraction of sp³-hybridized carbons (Fsp3) is 0.689. The van der Waals surface area contributed by atoms with Crippen LogP contribution in [-0.2, 0) is 33.4 Å². The van der Waals surface area contributed by atoms with Gasteiger partial charge in [-0.1, -0.05) is 110 Å². The number of phenols is 1. The van der Waals surface area contributed by atoms with Gasteiger partial charge in [0.2, 0.25) is 17.7 Å². The van der Waals surface area contributed by atoms with Gasteiger partial charge in [-0.2, -0.15) is 0 Å². The Morgan fingerprint density at radius 2 is 1.63 bits per heavy atom. The number of phenolic OH excluding ortho intramolecular Hbond substituents is 1. The fourth-order valence-electron chi connectivity index (χ4n) is 7.39. The number of ether oxygens (including phenoxy) is 2. The molecule has 0 bridgehead atoms. The van der Waals surface area contributed by atoms with Crippen LogP contribution in [0.25, 0.3) is 0 Å². The number of nitrogens with one attached hydrogen (secondary N) is 2. The number of aliphatic imine (C=N–C) groups is 1. The van der Waals surface area contributed by atoms with Crippen LogP contribution in [-0.4, -0.2) is 105 Å². The summed E-state index contributed by atoms with van der Waals surface area (Å²) >= 11 is 0. The van der Waals surface area contributed by atoms with E-state index in [-0.39, 0.29) is 43.7 Å². The van der Waals surface area contributed by atoms with Crippen LogP contribution in [0.4, 0.5) is 0 Å². The average molecular weight is 842 g/mol. The minimum atomic E-state index is -1.18. The first-order valence-corrected chi connectivity index (χ1v) is 22.3. The van der Waals surface area contributed by atoms with E-state index in [9.17, 15) is 39.5 Å². The number of para-hydroxylation sites is 1. The molecule has 15 nitrogen and oxygen atoms in total. The Kier molecular flexibility index (Phi) is 22.7. The number of unbranched alkanes of at least 4 members (excludes halogenated alkanes) is 12. The first kappa shape index (κ1) is 49.9. The topological polar surface area (TPSA) is 207 Å². The van der Waals surface area contributed by atoms with E-state index in [1.807, 2.05) is 0 Å². The molecule has 0 saturated carbocycles. The van der Waals surface area contributed by atoms with Gasteiger partial charge in [-0.25, -0.2) is 19.9 Å². The van der Waals surface area contributed by atoms with Crippen LogP contribution in [0.1, 0.15) is 149 Å². The van der Waals surface area contributed by atoms with Gasteiger partial charge in [-0.15, -0.1) is 0 Å². The van der Waals surface area contributed by atoms with E-state index in [0.29, 0.717) is 47.8 Å². The summed E-state index contributed by atoms with van der Waals surface area (Å²) in [6, 6.07) is 3.30. The Labute approximate surface area is 356 Å². The summed E-state index contributed by atoms with van der Waals surface area (Å²) in [5, 5.41) is 37.4. The number of hydrogen-bond donors (Lipinski definition) is 5. The first-order chi connectivity index (χ1) is 28.8. The minimum Gasteiger partial charge on any atom is -0.507 e. The van der Waals surface area contributed by atoms with Gasteiger partial charge in [0.15, 0.2) is 6.04 Å². The number of carbonyl (C=O) groups excluding carboxylic acids is 5. The lowest BCUT2D eigenvalue weighted by molar-refractivity contribution is -0.168. The summed E-state index contributed by atoms with van der Waals surface area (Å²) in [4.78, 5) is 70.2. The molecular formula is C45H71N5O10. The van der Waals surface area contributed by atoms with Crippen LogP contribution in [0, 0.1) is 11.8 Å². The van der Waals surface area contributed by atoms with E-state index in [0.717, 1.165) is 19.3 Å². The fourth-order valence-corrected chi connectivity index (χ4v) is 7.39. The van der Waals surface area contributed by atoms with Gasteiger partial charge in [0, 0.05) is 19.2 Å². The summed E-state index contributed by atoms with van der Waals surface area (Å²) in [6.07, 6.45) is 18.9. The predicted octanol–water partition coefficient (Wildman–Crippen LogP) is 6.76. The van der Waals surface area contributed by atoms with E-state index in [1.54, 1.807) is 45.0 Å². The van der Waals surface area contributed by atoms with Gasteiger partial charge < -0.3 is 25.2 Å². The smallest absolute Gasteiger partial charge is 0.328 e. The van der Waals surface area contributed by atoms with E-state index in [2.05, 4.69) is 22.5 Å². The van der Waals surface area contributed by atoms with Crippen molar-refractivity contribution in [2.75, 3.05) is 19.7 Å². The second kappa shape index (κ2) is 27.4. The van der Waals surface area contributed by atoms with Gasteiger partial charge in [0.25, 0.3) is 11.8 Å². The molecule has 0 spiro atoms. The number of amides is 4. The molecule has 0 aromatic heterocycles. The molecule has 15 heteroatoms. The maximum atomic E-state index is 13.9. The average Bonchev–Trinajstić information content (AvgIpc) is 3.67. The highest BCUT2D eigenvalue weighted by molar-refractivity contribution is 6.00. The van der Waals surface area contributed by atoms with Crippen molar-refractivity contribution in [2.24, 2.45) is 16.8 Å². The lowest BCUT2D eigenvalue weighted by Gasteiger charge is -2.30. The third-order valence-corrected chi connectivity index (χ3v) is 11.1. The van der Waals surface area contributed by atoms with E-state index in [4.69, 9.17) is 9.47 Å². The van der Waals surface area contributed by atoms with Crippen LogP contribution in [0.2, 0.25) is 0 Å². The molecule has 4 amide bonds. The van der Waals surface area contributed by atoms with Gasteiger partial charge in [0.05, 0.1) is 11.5 Å². The number of benzene rings is 1. The van der Waals surface area contributed by atoms with Crippen LogP contribution in [0.3, 0.4) is 0 Å². The van der Waals surface area contributed by atoms with Crippen molar-refractivity contribution >= 4 is 35.5 Å². The van der Waals surface area contributed by atoms with Crippen molar-refractivity contribution in [1.82, 2.24) is 20.8 Å². The Balaban J connectivity index is 1.55. The lowest BCUT2D eigenvalue weighted by atomic mass is 9.93. The van der Waals surface area contributed by atoms with Crippen molar-refractivity contribution < 1.29 is 49.0 Å². The van der Waals surface area contributed by atoms with Crippen molar-refractivity contribution in [2.45, 2.75) is 167 Å². The molecule has 5 atom stereocenters. The molecule has 0 aliphatic carbocycles. The highest BCUT2D eigenvalue weighted by Gasteiger charge is 2.37. The molecule has 1 aromatic rings. The zero-order valence-corrected chi connectivity index (χ0v) is 36.3. The van der Waals surface area contributed by atoms with E-state index < -0.39 is 59.7 Å². The summed E-state index contributed by atoms with van der Waals surface area (Å²) < 4.78 is 11.5. The number of nitrogens with zero attached hydrogens (tertiary/aromatic N) is 3. The van der Waals surface area contributed by atoms with Gasteiger partial charge in [0.1, 0.15) is 30.5 Å². The van der Waals surface area contributed by atoms with Crippen LogP contribution < -0.4 is 10.6 Å². The Hall–Kier alpha value is -4.50. The molecule has 5 unspecified atom stereocenters. The number of hydroxylamine groups is 4. The molecule has 336 valence electrons.